The summed E-state index contributed by atoms with van der Waals surface area (Å²) in [7, 11) is 0. The second kappa shape index (κ2) is 4.42. The van der Waals surface area contributed by atoms with Crippen molar-refractivity contribution in [3.63, 3.8) is 0 Å². The molecular formula is C13H15BrN2O. The second-order valence-electron chi connectivity index (χ2n) is 4.57. The molecule has 0 spiro atoms. The molecule has 2 heterocycles. The van der Waals surface area contributed by atoms with Crippen LogP contribution in [-0.4, -0.2) is 16.4 Å². The van der Waals surface area contributed by atoms with E-state index in [1.54, 1.807) is 0 Å². The first-order chi connectivity index (χ1) is 8.25. The third kappa shape index (κ3) is 2.00. The molecule has 1 aromatic carbocycles. The van der Waals surface area contributed by atoms with Crippen molar-refractivity contribution in [3.05, 3.63) is 28.4 Å². The number of ether oxygens (including phenoxy) is 1. The van der Waals surface area contributed by atoms with Crippen LogP contribution in [0.4, 0.5) is 0 Å². The molecule has 3 rings (SSSR count). The number of halogens is 1. The van der Waals surface area contributed by atoms with Gasteiger partial charge in [-0.15, -0.1) is 0 Å². The Morgan fingerprint density at radius 2 is 2.29 bits per heavy atom. The van der Waals surface area contributed by atoms with Gasteiger partial charge in [-0.1, -0.05) is 15.9 Å². The summed E-state index contributed by atoms with van der Waals surface area (Å²) in [5.41, 5.74) is 2.39. The van der Waals surface area contributed by atoms with Crippen molar-refractivity contribution in [1.82, 2.24) is 9.78 Å². The van der Waals surface area contributed by atoms with Crippen LogP contribution < -0.4 is 0 Å². The van der Waals surface area contributed by atoms with Crippen molar-refractivity contribution < 1.29 is 4.74 Å². The predicted molar refractivity (Wildman–Crippen MR) is 71.0 cm³/mol. The van der Waals surface area contributed by atoms with Gasteiger partial charge in [0.25, 0.3) is 0 Å². The van der Waals surface area contributed by atoms with E-state index in [-0.39, 0.29) is 6.23 Å². The molecule has 0 saturated carbocycles. The molecule has 1 aromatic heterocycles. The fraction of sp³-hybridized carbons (Fsp3) is 0.462. The number of fused-ring (bicyclic) bond motifs is 1. The van der Waals surface area contributed by atoms with E-state index in [2.05, 4.69) is 40.1 Å². The minimum atomic E-state index is 0.107. The molecule has 90 valence electrons. The Hall–Kier alpha value is -0.870. The maximum absolute atomic E-state index is 5.79. The highest BCUT2D eigenvalue weighted by Gasteiger charge is 2.18. The molecule has 0 aliphatic carbocycles. The lowest BCUT2D eigenvalue weighted by molar-refractivity contribution is -0.0366. The van der Waals surface area contributed by atoms with Crippen LogP contribution in [0.3, 0.4) is 0 Å². The zero-order valence-corrected chi connectivity index (χ0v) is 11.4. The number of rotatable bonds is 1. The van der Waals surface area contributed by atoms with Crippen LogP contribution in [0.1, 0.15) is 31.1 Å². The Morgan fingerprint density at radius 3 is 3.06 bits per heavy atom. The first kappa shape index (κ1) is 11.2. The average molecular weight is 295 g/mol. The number of aromatic nitrogens is 2. The van der Waals surface area contributed by atoms with Gasteiger partial charge in [0.15, 0.2) is 6.23 Å². The van der Waals surface area contributed by atoms with E-state index in [4.69, 9.17) is 4.74 Å². The van der Waals surface area contributed by atoms with Gasteiger partial charge in [0.05, 0.1) is 11.7 Å². The highest BCUT2D eigenvalue weighted by molar-refractivity contribution is 9.10. The van der Waals surface area contributed by atoms with Crippen molar-refractivity contribution in [3.8, 4) is 0 Å². The van der Waals surface area contributed by atoms with Crippen LogP contribution in [0, 0.1) is 6.92 Å². The summed E-state index contributed by atoms with van der Waals surface area (Å²) < 4.78 is 8.93. The molecular weight excluding hydrogens is 280 g/mol. The molecule has 0 bridgehead atoms. The van der Waals surface area contributed by atoms with Gasteiger partial charge >= 0.3 is 0 Å². The zero-order valence-electron chi connectivity index (χ0n) is 9.82. The van der Waals surface area contributed by atoms with Crippen LogP contribution in [0.2, 0.25) is 0 Å². The molecule has 1 saturated heterocycles. The topological polar surface area (TPSA) is 27.1 Å². The maximum Gasteiger partial charge on any atom is 0.150 e. The first-order valence-corrected chi connectivity index (χ1v) is 6.80. The standard InChI is InChI=1S/C13H15BrN2O/c1-9-6-10-8-15-16(12(10)7-11(9)14)13-4-2-3-5-17-13/h6-8,13H,2-5H2,1H3. The minimum Gasteiger partial charge on any atom is -0.356 e. The summed E-state index contributed by atoms with van der Waals surface area (Å²) in [5.74, 6) is 0. The van der Waals surface area contributed by atoms with Crippen molar-refractivity contribution >= 4 is 26.8 Å². The second-order valence-corrected chi connectivity index (χ2v) is 5.42. The quantitative estimate of drug-likeness (QED) is 0.800. The number of aryl methyl sites for hydroxylation is 1. The number of hydrogen-bond donors (Lipinski definition) is 0. The van der Waals surface area contributed by atoms with Crippen LogP contribution >= 0.6 is 15.9 Å². The summed E-state index contributed by atoms with van der Waals surface area (Å²) in [6.07, 6.45) is 5.47. The zero-order chi connectivity index (χ0) is 11.8. The molecule has 1 fully saturated rings. The first-order valence-electron chi connectivity index (χ1n) is 6.00. The van der Waals surface area contributed by atoms with Crippen molar-refractivity contribution in [2.24, 2.45) is 0 Å². The minimum absolute atomic E-state index is 0.107. The van der Waals surface area contributed by atoms with Crippen molar-refractivity contribution in [2.45, 2.75) is 32.4 Å². The summed E-state index contributed by atoms with van der Waals surface area (Å²) in [4.78, 5) is 0. The van der Waals surface area contributed by atoms with Crippen LogP contribution in [0.25, 0.3) is 10.9 Å². The van der Waals surface area contributed by atoms with E-state index in [0.29, 0.717) is 0 Å². The molecule has 1 aliphatic heterocycles. The molecule has 0 amide bonds. The van der Waals surface area contributed by atoms with Gasteiger partial charge in [0, 0.05) is 16.5 Å². The Bertz CT molecular complexity index is 544. The fourth-order valence-electron chi connectivity index (χ4n) is 2.33. The third-order valence-electron chi connectivity index (χ3n) is 3.30. The van der Waals surface area contributed by atoms with Crippen LogP contribution in [0.5, 0.6) is 0 Å². The van der Waals surface area contributed by atoms with Gasteiger partial charge in [-0.05, 0) is 43.9 Å². The highest BCUT2D eigenvalue weighted by atomic mass is 79.9. The summed E-state index contributed by atoms with van der Waals surface area (Å²) in [6.45, 7) is 2.94. The average Bonchev–Trinajstić information content (AvgIpc) is 2.74. The summed E-state index contributed by atoms with van der Waals surface area (Å²) >= 11 is 3.58. The lowest BCUT2D eigenvalue weighted by atomic mass is 10.1. The molecule has 3 nitrogen and oxygen atoms in total. The predicted octanol–water partition coefficient (Wildman–Crippen LogP) is 3.81. The number of nitrogens with zero attached hydrogens (tertiary/aromatic N) is 2. The lowest BCUT2D eigenvalue weighted by Crippen LogP contribution is -2.18. The Kier molecular flexibility index (Phi) is 2.92. The number of benzene rings is 1. The molecule has 1 aliphatic rings. The molecule has 1 atom stereocenters. The van der Waals surface area contributed by atoms with E-state index >= 15 is 0 Å². The van der Waals surface area contributed by atoms with E-state index in [0.717, 1.165) is 23.0 Å². The van der Waals surface area contributed by atoms with Gasteiger partial charge in [-0.25, -0.2) is 4.68 Å². The van der Waals surface area contributed by atoms with E-state index in [1.165, 1.54) is 23.8 Å². The fourth-order valence-corrected chi connectivity index (χ4v) is 2.66. The largest absolute Gasteiger partial charge is 0.356 e. The van der Waals surface area contributed by atoms with Gasteiger partial charge in [-0.2, -0.15) is 5.10 Å². The monoisotopic (exact) mass is 294 g/mol. The van der Waals surface area contributed by atoms with E-state index in [9.17, 15) is 0 Å². The Labute approximate surface area is 109 Å². The third-order valence-corrected chi connectivity index (χ3v) is 4.16. The van der Waals surface area contributed by atoms with Crippen molar-refractivity contribution in [2.75, 3.05) is 6.61 Å². The van der Waals surface area contributed by atoms with Crippen molar-refractivity contribution in [1.29, 1.82) is 0 Å². The molecule has 0 N–H and O–H groups in total. The van der Waals surface area contributed by atoms with E-state index < -0.39 is 0 Å². The van der Waals surface area contributed by atoms with Crippen LogP contribution in [0.15, 0.2) is 22.8 Å². The normalized spacial score (nSPS) is 20.9. The lowest BCUT2D eigenvalue weighted by Gasteiger charge is -2.23. The number of hydrogen-bond acceptors (Lipinski definition) is 2. The smallest absolute Gasteiger partial charge is 0.150 e. The van der Waals surface area contributed by atoms with E-state index in [1.807, 2.05) is 10.9 Å². The molecule has 17 heavy (non-hydrogen) atoms. The molecule has 2 aromatic rings. The van der Waals surface area contributed by atoms with Gasteiger partial charge < -0.3 is 4.74 Å². The SMILES string of the molecule is Cc1cc2cnn(C3CCCCO3)c2cc1Br. The summed E-state index contributed by atoms with van der Waals surface area (Å²) in [6, 6.07) is 4.29. The molecule has 0 radical (unpaired) electrons. The van der Waals surface area contributed by atoms with Gasteiger partial charge in [0.1, 0.15) is 0 Å². The Balaban J connectivity index is 2.07. The maximum atomic E-state index is 5.79. The summed E-state index contributed by atoms with van der Waals surface area (Å²) in [5, 5.41) is 5.65. The molecule has 1 unspecified atom stereocenters. The van der Waals surface area contributed by atoms with Gasteiger partial charge in [0.2, 0.25) is 0 Å². The Morgan fingerprint density at radius 1 is 1.41 bits per heavy atom. The highest BCUT2D eigenvalue weighted by Crippen LogP contribution is 2.29. The molecule has 4 heteroatoms. The van der Waals surface area contributed by atoms with Gasteiger partial charge in [-0.3, -0.25) is 0 Å². The van der Waals surface area contributed by atoms with Crippen LogP contribution in [-0.2, 0) is 4.74 Å².